The van der Waals surface area contributed by atoms with Gasteiger partial charge in [0.05, 0.1) is 16.7 Å². The number of amides is 1. The van der Waals surface area contributed by atoms with Gasteiger partial charge in [-0.1, -0.05) is 23.7 Å². The maximum absolute atomic E-state index is 12.3. The number of hydrogen-bond acceptors (Lipinski definition) is 3. The van der Waals surface area contributed by atoms with E-state index in [1.807, 2.05) is 17.0 Å². The highest BCUT2D eigenvalue weighted by Crippen LogP contribution is 2.18. The second-order valence-corrected chi connectivity index (χ2v) is 4.93. The summed E-state index contributed by atoms with van der Waals surface area (Å²) in [5.41, 5.74) is 0.564. The minimum atomic E-state index is -0.00877. The molecule has 4 nitrogen and oxygen atoms in total. The standard InChI is InChI=1S/C14H16ClN3O/c15-13-5-2-1-4-12(13)14(19)18-10-8-17(9-11-18)7-3-6-16/h1-2,4-5H,3,7-11H2. The van der Waals surface area contributed by atoms with E-state index in [1.54, 1.807) is 12.1 Å². The van der Waals surface area contributed by atoms with E-state index in [-0.39, 0.29) is 5.91 Å². The Morgan fingerprint density at radius 3 is 2.58 bits per heavy atom. The van der Waals surface area contributed by atoms with Crippen LogP contribution in [0.3, 0.4) is 0 Å². The third kappa shape index (κ3) is 3.46. The van der Waals surface area contributed by atoms with Crippen LogP contribution < -0.4 is 0 Å². The molecule has 1 amide bonds. The van der Waals surface area contributed by atoms with E-state index in [0.717, 1.165) is 19.6 Å². The molecule has 1 heterocycles. The highest BCUT2D eigenvalue weighted by molar-refractivity contribution is 6.33. The highest BCUT2D eigenvalue weighted by Gasteiger charge is 2.22. The van der Waals surface area contributed by atoms with Crippen molar-refractivity contribution in [2.24, 2.45) is 0 Å². The zero-order valence-corrected chi connectivity index (χ0v) is 11.4. The molecule has 0 saturated carbocycles. The summed E-state index contributed by atoms with van der Waals surface area (Å²) in [6, 6.07) is 9.27. The van der Waals surface area contributed by atoms with Crippen LogP contribution >= 0.6 is 11.6 Å². The molecule has 1 aromatic carbocycles. The molecule has 2 rings (SSSR count). The third-order valence-electron chi connectivity index (χ3n) is 3.30. The monoisotopic (exact) mass is 277 g/mol. The van der Waals surface area contributed by atoms with Gasteiger partial charge in [-0.3, -0.25) is 9.69 Å². The molecule has 0 aliphatic carbocycles. The second kappa shape index (κ2) is 6.55. The Morgan fingerprint density at radius 1 is 1.26 bits per heavy atom. The van der Waals surface area contributed by atoms with Gasteiger partial charge in [-0.15, -0.1) is 0 Å². The fourth-order valence-electron chi connectivity index (χ4n) is 2.19. The molecule has 0 radical (unpaired) electrons. The van der Waals surface area contributed by atoms with Crippen LogP contribution in [0.4, 0.5) is 0 Å². The van der Waals surface area contributed by atoms with Crippen molar-refractivity contribution in [3.8, 4) is 6.07 Å². The molecule has 0 atom stereocenters. The Bertz CT molecular complexity index is 490. The fraction of sp³-hybridized carbons (Fsp3) is 0.429. The van der Waals surface area contributed by atoms with Gasteiger partial charge in [-0.05, 0) is 12.1 Å². The number of nitrogens with zero attached hydrogens (tertiary/aromatic N) is 3. The minimum Gasteiger partial charge on any atom is -0.336 e. The van der Waals surface area contributed by atoms with Gasteiger partial charge in [0, 0.05) is 39.1 Å². The van der Waals surface area contributed by atoms with Crippen molar-refractivity contribution in [3.63, 3.8) is 0 Å². The first-order chi connectivity index (χ1) is 9.22. The molecule has 0 unspecified atom stereocenters. The molecular weight excluding hydrogens is 262 g/mol. The van der Waals surface area contributed by atoms with Gasteiger partial charge in [-0.25, -0.2) is 0 Å². The van der Waals surface area contributed by atoms with Crippen molar-refractivity contribution < 1.29 is 4.79 Å². The summed E-state index contributed by atoms with van der Waals surface area (Å²) in [5.74, 6) is -0.00877. The molecule has 1 saturated heterocycles. The van der Waals surface area contributed by atoms with Gasteiger partial charge in [0.2, 0.25) is 0 Å². The van der Waals surface area contributed by atoms with E-state index in [2.05, 4.69) is 11.0 Å². The Kier molecular flexibility index (Phi) is 4.78. The summed E-state index contributed by atoms with van der Waals surface area (Å²) >= 11 is 6.04. The molecule has 0 aromatic heterocycles. The number of hydrogen-bond donors (Lipinski definition) is 0. The third-order valence-corrected chi connectivity index (χ3v) is 3.63. The summed E-state index contributed by atoms with van der Waals surface area (Å²) in [4.78, 5) is 16.3. The summed E-state index contributed by atoms with van der Waals surface area (Å²) in [6.07, 6.45) is 0.540. The lowest BCUT2D eigenvalue weighted by Crippen LogP contribution is -2.48. The number of rotatable bonds is 3. The van der Waals surface area contributed by atoms with E-state index < -0.39 is 0 Å². The smallest absolute Gasteiger partial charge is 0.255 e. The highest BCUT2D eigenvalue weighted by atomic mass is 35.5. The average Bonchev–Trinajstić information content (AvgIpc) is 2.45. The molecule has 1 aromatic rings. The van der Waals surface area contributed by atoms with Crippen molar-refractivity contribution >= 4 is 17.5 Å². The molecule has 1 fully saturated rings. The largest absolute Gasteiger partial charge is 0.336 e. The van der Waals surface area contributed by atoms with Gasteiger partial charge in [0.15, 0.2) is 0 Å². The lowest BCUT2D eigenvalue weighted by atomic mass is 10.2. The topological polar surface area (TPSA) is 47.3 Å². The molecule has 0 N–H and O–H groups in total. The first-order valence-electron chi connectivity index (χ1n) is 6.35. The first kappa shape index (κ1) is 13.9. The van der Waals surface area contributed by atoms with E-state index in [0.29, 0.717) is 30.1 Å². The van der Waals surface area contributed by atoms with Crippen molar-refractivity contribution in [3.05, 3.63) is 34.9 Å². The van der Waals surface area contributed by atoms with Crippen LogP contribution in [-0.4, -0.2) is 48.4 Å². The minimum absolute atomic E-state index is 0.00877. The van der Waals surface area contributed by atoms with Crippen molar-refractivity contribution in [2.45, 2.75) is 6.42 Å². The number of benzene rings is 1. The molecule has 19 heavy (non-hydrogen) atoms. The van der Waals surface area contributed by atoms with Gasteiger partial charge in [0.1, 0.15) is 0 Å². The number of carbonyl (C=O) groups excluding carboxylic acids is 1. The SMILES string of the molecule is N#CCCN1CCN(C(=O)c2ccccc2Cl)CC1. The molecule has 0 spiro atoms. The number of nitriles is 1. The van der Waals surface area contributed by atoms with Crippen LogP contribution in [0.1, 0.15) is 16.8 Å². The van der Waals surface area contributed by atoms with Crippen LogP contribution in [0.15, 0.2) is 24.3 Å². The van der Waals surface area contributed by atoms with Crippen LogP contribution in [0.5, 0.6) is 0 Å². The summed E-state index contributed by atoms with van der Waals surface area (Å²) in [6.45, 7) is 3.80. The summed E-state index contributed by atoms with van der Waals surface area (Å²) < 4.78 is 0. The zero-order valence-electron chi connectivity index (χ0n) is 10.7. The van der Waals surface area contributed by atoms with Gasteiger partial charge < -0.3 is 4.90 Å². The lowest BCUT2D eigenvalue weighted by molar-refractivity contribution is 0.0640. The average molecular weight is 278 g/mol. The van der Waals surface area contributed by atoms with Crippen LogP contribution in [0, 0.1) is 11.3 Å². The Labute approximate surface area is 118 Å². The van der Waals surface area contributed by atoms with E-state index in [1.165, 1.54) is 0 Å². The van der Waals surface area contributed by atoms with Crippen molar-refractivity contribution in [1.29, 1.82) is 5.26 Å². The predicted octanol–water partition coefficient (Wildman–Crippen LogP) is 2.01. The summed E-state index contributed by atoms with van der Waals surface area (Å²) in [7, 11) is 0. The number of carbonyl (C=O) groups is 1. The predicted molar refractivity (Wildman–Crippen MR) is 74.0 cm³/mol. The number of piperazine rings is 1. The molecular formula is C14H16ClN3O. The molecule has 0 bridgehead atoms. The van der Waals surface area contributed by atoms with E-state index >= 15 is 0 Å². The Hall–Kier alpha value is -1.57. The normalized spacial score (nSPS) is 16.1. The van der Waals surface area contributed by atoms with Crippen LogP contribution in [0.2, 0.25) is 5.02 Å². The molecule has 100 valence electrons. The number of halogens is 1. The maximum Gasteiger partial charge on any atom is 0.255 e. The van der Waals surface area contributed by atoms with E-state index in [9.17, 15) is 4.79 Å². The quantitative estimate of drug-likeness (QED) is 0.849. The Balaban J connectivity index is 1.93. The summed E-state index contributed by atoms with van der Waals surface area (Å²) in [5, 5.41) is 9.06. The van der Waals surface area contributed by atoms with E-state index in [4.69, 9.17) is 16.9 Å². The lowest BCUT2D eigenvalue weighted by Gasteiger charge is -2.34. The molecule has 1 aliphatic heterocycles. The molecule has 1 aliphatic rings. The van der Waals surface area contributed by atoms with Gasteiger partial charge >= 0.3 is 0 Å². The fourth-order valence-corrected chi connectivity index (χ4v) is 2.40. The maximum atomic E-state index is 12.3. The Morgan fingerprint density at radius 2 is 1.95 bits per heavy atom. The molecule has 5 heteroatoms. The van der Waals surface area contributed by atoms with Crippen molar-refractivity contribution in [2.75, 3.05) is 32.7 Å². The van der Waals surface area contributed by atoms with Crippen LogP contribution in [0.25, 0.3) is 0 Å². The first-order valence-corrected chi connectivity index (χ1v) is 6.73. The second-order valence-electron chi connectivity index (χ2n) is 4.52. The van der Waals surface area contributed by atoms with Crippen molar-refractivity contribution in [1.82, 2.24) is 9.80 Å². The van der Waals surface area contributed by atoms with Crippen LogP contribution in [-0.2, 0) is 0 Å². The van der Waals surface area contributed by atoms with Gasteiger partial charge in [-0.2, -0.15) is 5.26 Å². The van der Waals surface area contributed by atoms with Gasteiger partial charge in [0.25, 0.3) is 5.91 Å². The zero-order chi connectivity index (χ0) is 13.7.